The van der Waals surface area contributed by atoms with Gasteiger partial charge in [-0.25, -0.2) is 0 Å². The maximum Gasteiger partial charge on any atom is 0.223 e. The van der Waals surface area contributed by atoms with Gasteiger partial charge in [0.1, 0.15) is 5.75 Å². The van der Waals surface area contributed by atoms with Crippen LogP contribution in [0.4, 0.5) is 0 Å². The lowest BCUT2D eigenvalue weighted by Gasteiger charge is -2.21. The van der Waals surface area contributed by atoms with Crippen molar-refractivity contribution in [2.75, 3.05) is 0 Å². The normalized spacial score (nSPS) is 18.1. The van der Waals surface area contributed by atoms with Crippen LogP contribution >= 0.6 is 0 Å². The molecule has 0 spiro atoms. The lowest BCUT2D eigenvalue weighted by molar-refractivity contribution is 0.156. The molecule has 1 aliphatic rings. The van der Waals surface area contributed by atoms with Gasteiger partial charge in [-0.2, -0.15) is 4.98 Å². The first-order valence-corrected chi connectivity index (χ1v) is 6.45. The van der Waals surface area contributed by atoms with Crippen LogP contribution in [0, 0.1) is 6.92 Å². The van der Waals surface area contributed by atoms with Crippen molar-refractivity contribution in [2.45, 2.75) is 38.9 Å². The summed E-state index contributed by atoms with van der Waals surface area (Å²) >= 11 is 0. The molecule has 19 heavy (non-hydrogen) atoms. The second-order valence-corrected chi connectivity index (χ2v) is 4.79. The highest BCUT2D eigenvalue weighted by atomic mass is 16.5. The standard InChI is InChI=1S/C14H16N2O3/c1-9-15-14(16-19-9)8-18-11-6-5-10-3-2-4-13(17)12(10)7-11/h5-7,13,17H,2-4,8H2,1H3/t13-/m1/s1. The highest BCUT2D eigenvalue weighted by Gasteiger charge is 2.18. The lowest BCUT2D eigenvalue weighted by atomic mass is 9.89. The summed E-state index contributed by atoms with van der Waals surface area (Å²) in [4.78, 5) is 4.08. The zero-order valence-electron chi connectivity index (χ0n) is 10.8. The zero-order chi connectivity index (χ0) is 13.2. The Hall–Kier alpha value is -1.88. The molecule has 1 aliphatic carbocycles. The molecule has 0 bridgehead atoms. The number of benzene rings is 1. The molecule has 1 N–H and O–H groups in total. The summed E-state index contributed by atoms with van der Waals surface area (Å²) in [5, 5.41) is 13.8. The molecule has 0 saturated heterocycles. The molecule has 0 amide bonds. The minimum absolute atomic E-state index is 0.270. The van der Waals surface area contributed by atoms with Gasteiger partial charge in [-0.3, -0.25) is 0 Å². The number of aromatic nitrogens is 2. The van der Waals surface area contributed by atoms with Gasteiger partial charge in [0.2, 0.25) is 11.7 Å². The number of hydrogen-bond donors (Lipinski definition) is 1. The average molecular weight is 260 g/mol. The molecule has 1 aromatic heterocycles. The van der Waals surface area contributed by atoms with Crippen LogP contribution in [0.3, 0.4) is 0 Å². The molecule has 0 aliphatic heterocycles. The molecule has 1 atom stereocenters. The van der Waals surface area contributed by atoms with E-state index in [-0.39, 0.29) is 12.7 Å². The summed E-state index contributed by atoms with van der Waals surface area (Å²) in [6, 6.07) is 5.85. The van der Waals surface area contributed by atoms with E-state index in [9.17, 15) is 5.11 Å². The van der Waals surface area contributed by atoms with Gasteiger partial charge in [0, 0.05) is 6.92 Å². The highest BCUT2D eigenvalue weighted by Crippen LogP contribution is 2.32. The number of nitrogens with zero attached hydrogens (tertiary/aromatic N) is 2. The van der Waals surface area contributed by atoms with Gasteiger partial charge in [0.25, 0.3) is 0 Å². The highest BCUT2D eigenvalue weighted by molar-refractivity contribution is 5.38. The van der Waals surface area contributed by atoms with Gasteiger partial charge in [-0.05, 0) is 42.5 Å². The van der Waals surface area contributed by atoms with Gasteiger partial charge in [0.05, 0.1) is 6.10 Å². The Morgan fingerprint density at radius 3 is 3.16 bits per heavy atom. The smallest absolute Gasteiger partial charge is 0.223 e. The molecular weight excluding hydrogens is 244 g/mol. The largest absolute Gasteiger partial charge is 0.485 e. The van der Waals surface area contributed by atoms with Crippen LogP contribution in [0.25, 0.3) is 0 Å². The Bertz CT molecular complexity index is 580. The molecule has 3 rings (SSSR count). The van der Waals surface area contributed by atoms with Crippen LogP contribution in [0.1, 0.15) is 41.8 Å². The van der Waals surface area contributed by atoms with E-state index in [2.05, 4.69) is 10.1 Å². The number of aryl methyl sites for hydroxylation is 2. The van der Waals surface area contributed by atoms with Crippen LogP contribution in [-0.4, -0.2) is 15.2 Å². The molecule has 1 aromatic carbocycles. The van der Waals surface area contributed by atoms with Crippen molar-refractivity contribution in [3.8, 4) is 5.75 Å². The van der Waals surface area contributed by atoms with E-state index >= 15 is 0 Å². The van der Waals surface area contributed by atoms with Crippen LogP contribution in [0.5, 0.6) is 5.75 Å². The molecule has 0 radical (unpaired) electrons. The molecule has 1 heterocycles. The molecule has 5 nitrogen and oxygen atoms in total. The first kappa shape index (κ1) is 12.2. The van der Waals surface area contributed by atoms with Crippen LogP contribution in [0.2, 0.25) is 0 Å². The Morgan fingerprint density at radius 2 is 2.37 bits per heavy atom. The monoisotopic (exact) mass is 260 g/mol. The Morgan fingerprint density at radius 1 is 1.47 bits per heavy atom. The van der Waals surface area contributed by atoms with Crippen LogP contribution in [0.15, 0.2) is 22.7 Å². The van der Waals surface area contributed by atoms with Crippen molar-refractivity contribution in [1.82, 2.24) is 10.1 Å². The van der Waals surface area contributed by atoms with Crippen molar-refractivity contribution >= 4 is 0 Å². The van der Waals surface area contributed by atoms with E-state index in [1.54, 1.807) is 6.92 Å². The van der Waals surface area contributed by atoms with Crippen LogP contribution in [-0.2, 0) is 13.0 Å². The predicted octanol–water partition coefficient (Wildman–Crippen LogP) is 2.33. The van der Waals surface area contributed by atoms with Crippen molar-refractivity contribution in [3.05, 3.63) is 41.0 Å². The SMILES string of the molecule is Cc1nc(COc2ccc3c(c2)[C@H](O)CCC3)no1. The van der Waals surface area contributed by atoms with Gasteiger partial charge >= 0.3 is 0 Å². The van der Waals surface area contributed by atoms with E-state index in [1.807, 2.05) is 18.2 Å². The fourth-order valence-electron chi connectivity index (χ4n) is 2.39. The number of aliphatic hydroxyl groups excluding tert-OH is 1. The first-order chi connectivity index (χ1) is 9.22. The summed E-state index contributed by atoms with van der Waals surface area (Å²) < 4.78 is 10.5. The topological polar surface area (TPSA) is 68.4 Å². The van der Waals surface area contributed by atoms with Crippen molar-refractivity contribution in [2.24, 2.45) is 0 Å². The Kier molecular flexibility index (Phi) is 3.21. The van der Waals surface area contributed by atoms with E-state index in [0.29, 0.717) is 11.7 Å². The molecule has 2 aromatic rings. The molecule has 0 fully saturated rings. The number of rotatable bonds is 3. The van der Waals surface area contributed by atoms with E-state index in [0.717, 1.165) is 30.6 Å². The lowest BCUT2D eigenvalue weighted by Crippen LogP contribution is -2.09. The molecule has 0 saturated carbocycles. The maximum absolute atomic E-state index is 9.98. The second-order valence-electron chi connectivity index (χ2n) is 4.79. The van der Waals surface area contributed by atoms with Crippen molar-refractivity contribution in [3.63, 3.8) is 0 Å². The zero-order valence-corrected chi connectivity index (χ0v) is 10.8. The van der Waals surface area contributed by atoms with Gasteiger partial charge in [-0.15, -0.1) is 0 Å². The number of fused-ring (bicyclic) bond motifs is 1. The third kappa shape index (κ3) is 2.61. The third-order valence-corrected chi connectivity index (χ3v) is 3.34. The summed E-state index contributed by atoms with van der Waals surface area (Å²) in [7, 11) is 0. The minimum atomic E-state index is -0.375. The van der Waals surface area contributed by atoms with E-state index in [4.69, 9.17) is 9.26 Å². The van der Waals surface area contributed by atoms with Crippen molar-refractivity contribution in [1.29, 1.82) is 0 Å². The molecule has 0 unspecified atom stereocenters. The quantitative estimate of drug-likeness (QED) is 0.917. The molecule has 100 valence electrons. The number of aliphatic hydroxyl groups is 1. The van der Waals surface area contributed by atoms with Crippen molar-refractivity contribution < 1.29 is 14.4 Å². The first-order valence-electron chi connectivity index (χ1n) is 6.45. The summed E-state index contributed by atoms with van der Waals surface area (Å²) in [6.45, 7) is 2.01. The van der Waals surface area contributed by atoms with Crippen LogP contribution < -0.4 is 4.74 Å². The summed E-state index contributed by atoms with van der Waals surface area (Å²) in [6.07, 6.45) is 2.51. The number of hydrogen-bond acceptors (Lipinski definition) is 5. The Balaban J connectivity index is 1.73. The maximum atomic E-state index is 9.98. The van der Waals surface area contributed by atoms with E-state index < -0.39 is 0 Å². The number of ether oxygens (including phenoxy) is 1. The van der Waals surface area contributed by atoms with Gasteiger partial charge in [0.15, 0.2) is 6.61 Å². The predicted molar refractivity (Wildman–Crippen MR) is 67.7 cm³/mol. The summed E-state index contributed by atoms with van der Waals surface area (Å²) in [5.41, 5.74) is 2.19. The summed E-state index contributed by atoms with van der Waals surface area (Å²) in [5.74, 6) is 1.78. The fourth-order valence-corrected chi connectivity index (χ4v) is 2.39. The van der Waals surface area contributed by atoms with E-state index in [1.165, 1.54) is 5.56 Å². The molecular formula is C14H16N2O3. The average Bonchev–Trinajstić information content (AvgIpc) is 2.83. The molecule has 5 heteroatoms. The second kappa shape index (κ2) is 5.01. The van der Waals surface area contributed by atoms with Gasteiger partial charge in [-0.1, -0.05) is 11.2 Å². The van der Waals surface area contributed by atoms with Gasteiger partial charge < -0.3 is 14.4 Å². The third-order valence-electron chi connectivity index (χ3n) is 3.34. The fraction of sp³-hybridized carbons (Fsp3) is 0.429. The minimum Gasteiger partial charge on any atom is -0.485 e. The Labute approximate surface area is 111 Å².